The fourth-order valence-electron chi connectivity index (χ4n) is 1.21. The van der Waals surface area contributed by atoms with Crippen molar-refractivity contribution in [3.05, 3.63) is 17.7 Å². The molecular formula is C9H17F6N2P. The number of halogens is 6. The van der Waals surface area contributed by atoms with Gasteiger partial charge in [0.1, 0.15) is 11.9 Å². The first kappa shape index (κ1) is 17.2. The van der Waals surface area contributed by atoms with Gasteiger partial charge in [0.05, 0.1) is 7.05 Å². The van der Waals surface area contributed by atoms with Gasteiger partial charge in [-0.3, -0.25) is 0 Å². The Bertz CT molecular complexity index is 394. The molecule has 0 spiro atoms. The third-order valence-corrected chi connectivity index (χ3v) is 2.00. The molecule has 1 rings (SSSR count). The standard InChI is InChI=1S/C9H16N2.F6P/c1-7(2)5-9-6-10-8(3)11(9)4;1-7(2,3,4,5)6/h6-7H,5H2,1-4H3;/q;-1/p+1. The van der Waals surface area contributed by atoms with Gasteiger partial charge in [0, 0.05) is 13.3 Å². The Morgan fingerprint density at radius 1 is 1.17 bits per heavy atom. The summed E-state index contributed by atoms with van der Waals surface area (Å²) in [5.41, 5.74) is 1.39. The molecule has 0 atom stereocenters. The van der Waals surface area contributed by atoms with Crippen molar-refractivity contribution in [1.29, 1.82) is 0 Å². The molecule has 0 amide bonds. The fraction of sp³-hybridized carbons (Fsp3) is 0.667. The SMILES string of the molecule is Cc1[nH]cc(CC(C)C)[n+]1C.F[P-](F)(F)(F)(F)F. The molecule has 110 valence electrons. The molecule has 0 bridgehead atoms. The molecule has 1 heterocycles. The number of nitrogens with zero attached hydrogens (tertiary/aromatic N) is 1. The van der Waals surface area contributed by atoms with Gasteiger partial charge in [0.25, 0.3) is 5.82 Å². The number of rotatable bonds is 2. The summed E-state index contributed by atoms with van der Waals surface area (Å²) in [6.45, 7) is 6.56. The van der Waals surface area contributed by atoms with Crippen molar-refractivity contribution in [2.24, 2.45) is 13.0 Å². The summed E-state index contributed by atoms with van der Waals surface area (Å²) in [6, 6.07) is 0. The number of aryl methyl sites for hydroxylation is 1. The van der Waals surface area contributed by atoms with E-state index in [9.17, 15) is 25.2 Å². The van der Waals surface area contributed by atoms with Crippen LogP contribution >= 0.6 is 7.81 Å². The minimum absolute atomic E-state index is 0.733. The second-order valence-corrected chi connectivity index (χ2v) is 6.40. The van der Waals surface area contributed by atoms with Crippen LogP contribution in [-0.2, 0) is 13.5 Å². The Balaban J connectivity index is 0.000000360. The van der Waals surface area contributed by atoms with Crippen LogP contribution in [0.15, 0.2) is 6.20 Å². The summed E-state index contributed by atoms with van der Waals surface area (Å²) < 4.78 is 61.4. The van der Waals surface area contributed by atoms with E-state index < -0.39 is 7.81 Å². The monoisotopic (exact) mass is 298 g/mol. The third kappa shape index (κ3) is 11.7. The van der Waals surface area contributed by atoms with Crippen molar-refractivity contribution in [2.45, 2.75) is 27.2 Å². The predicted octanol–water partition coefficient (Wildman–Crippen LogP) is 4.73. The number of hydrogen-bond donors (Lipinski definition) is 1. The topological polar surface area (TPSA) is 19.7 Å². The summed E-state index contributed by atoms with van der Waals surface area (Å²) in [7, 11) is -8.56. The molecule has 0 aliphatic heterocycles. The summed E-state index contributed by atoms with van der Waals surface area (Å²) in [6.07, 6.45) is 3.25. The van der Waals surface area contributed by atoms with E-state index in [1.54, 1.807) is 0 Å². The van der Waals surface area contributed by atoms with Gasteiger partial charge < -0.3 is 0 Å². The fourth-order valence-corrected chi connectivity index (χ4v) is 1.21. The van der Waals surface area contributed by atoms with Crippen LogP contribution in [0, 0.1) is 12.8 Å². The predicted molar refractivity (Wildman–Crippen MR) is 58.8 cm³/mol. The van der Waals surface area contributed by atoms with Crippen LogP contribution in [0.1, 0.15) is 25.4 Å². The first-order valence-corrected chi connectivity index (χ1v) is 7.18. The minimum atomic E-state index is -10.7. The molecule has 1 aromatic rings. The molecule has 18 heavy (non-hydrogen) atoms. The Labute approximate surface area is 101 Å². The maximum atomic E-state index is 9.87. The Morgan fingerprint density at radius 2 is 1.56 bits per heavy atom. The van der Waals surface area contributed by atoms with E-state index in [0.29, 0.717) is 0 Å². The second kappa shape index (κ2) is 4.40. The molecule has 2 nitrogen and oxygen atoms in total. The van der Waals surface area contributed by atoms with Gasteiger partial charge in [-0.15, -0.1) is 0 Å². The van der Waals surface area contributed by atoms with E-state index in [0.717, 1.165) is 12.3 Å². The molecule has 0 saturated heterocycles. The number of hydrogen-bond acceptors (Lipinski definition) is 0. The van der Waals surface area contributed by atoms with Crippen molar-refractivity contribution in [3.8, 4) is 0 Å². The Hall–Kier alpha value is -0.780. The molecule has 0 saturated carbocycles. The number of aromatic amines is 1. The van der Waals surface area contributed by atoms with E-state index in [4.69, 9.17) is 0 Å². The van der Waals surface area contributed by atoms with Gasteiger partial charge in [-0.25, -0.2) is 9.55 Å². The molecule has 0 radical (unpaired) electrons. The molecule has 0 unspecified atom stereocenters. The zero-order valence-electron chi connectivity index (χ0n) is 10.5. The van der Waals surface area contributed by atoms with Gasteiger partial charge in [-0.05, 0) is 5.92 Å². The summed E-state index contributed by atoms with van der Waals surface area (Å²) in [5.74, 6) is 1.96. The maximum absolute atomic E-state index is 10.7. The van der Waals surface area contributed by atoms with Gasteiger partial charge >= 0.3 is 33.0 Å². The Kier molecular flexibility index (Phi) is 4.21. The number of imidazole rings is 1. The van der Waals surface area contributed by atoms with Crippen LogP contribution in [0.25, 0.3) is 0 Å². The molecule has 0 fully saturated rings. The van der Waals surface area contributed by atoms with Crippen molar-refractivity contribution < 1.29 is 29.7 Å². The van der Waals surface area contributed by atoms with Gasteiger partial charge in [-0.1, -0.05) is 13.8 Å². The van der Waals surface area contributed by atoms with E-state index in [2.05, 4.69) is 43.6 Å². The van der Waals surface area contributed by atoms with E-state index in [-0.39, 0.29) is 0 Å². The summed E-state index contributed by atoms with van der Waals surface area (Å²) >= 11 is 0. The molecule has 0 aliphatic carbocycles. The second-order valence-electron chi connectivity index (χ2n) is 4.48. The van der Waals surface area contributed by atoms with Gasteiger partial charge in [-0.2, -0.15) is 0 Å². The molecule has 0 aromatic carbocycles. The van der Waals surface area contributed by atoms with E-state index >= 15 is 0 Å². The average molecular weight is 298 g/mol. The normalized spacial score (nSPS) is 15.7. The van der Waals surface area contributed by atoms with Crippen molar-refractivity contribution in [3.63, 3.8) is 0 Å². The van der Waals surface area contributed by atoms with Gasteiger partial charge in [0.15, 0.2) is 0 Å². The quantitative estimate of drug-likeness (QED) is 0.463. The van der Waals surface area contributed by atoms with Crippen LogP contribution in [0.2, 0.25) is 0 Å². The first-order chi connectivity index (χ1) is 7.56. The average Bonchev–Trinajstić information content (AvgIpc) is 2.29. The molecule has 1 N–H and O–H groups in total. The Morgan fingerprint density at radius 3 is 1.78 bits per heavy atom. The van der Waals surface area contributed by atoms with Gasteiger partial charge in [0.2, 0.25) is 0 Å². The number of nitrogens with one attached hydrogen (secondary N) is 1. The van der Waals surface area contributed by atoms with Crippen molar-refractivity contribution in [1.82, 2.24) is 4.98 Å². The molecule has 1 aromatic heterocycles. The van der Waals surface area contributed by atoms with E-state index in [1.165, 1.54) is 11.5 Å². The molecular weight excluding hydrogens is 281 g/mol. The number of aromatic nitrogens is 2. The summed E-state index contributed by atoms with van der Waals surface area (Å²) in [4.78, 5) is 3.21. The molecule has 9 heteroatoms. The van der Waals surface area contributed by atoms with Crippen LogP contribution in [0.5, 0.6) is 0 Å². The van der Waals surface area contributed by atoms with Crippen LogP contribution < -0.4 is 4.57 Å². The zero-order valence-corrected chi connectivity index (χ0v) is 11.4. The van der Waals surface area contributed by atoms with Crippen LogP contribution in [-0.4, -0.2) is 4.98 Å². The van der Waals surface area contributed by atoms with E-state index in [1.807, 2.05) is 0 Å². The first-order valence-electron chi connectivity index (χ1n) is 5.15. The third-order valence-electron chi connectivity index (χ3n) is 2.00. The number of H-pyrrole nitrogens is 1. The zero-order chi connectivity index (χ0) is 14.8. The van der Waals surface area contributed by atoms with Crippen LogP contribution in [0.3, 0.4) is 0 Å². The molecule has 0 aliphatic rings. The van der Waals surface area contributed by atoms with Crippen molar-refractivity contribution >= 4 is 7.81 Å². The van der Waals surface area contributed by atoms with Crippen LogP contribution in [0.4, 0.5) is 25.2 Å². The van der Waals surface area contributed by atoms with Crippen molar-refractivity contribution in [2.75, 3.05) is 0 Å². The summed E-state index contributed by atoms with van der Waals surface area (Å²) in [5, 5.41) is 0.